The smallest absolute Gasteiger partial charge is 0.223 e. The third-order valence-corrected chi connectivity index (χ3v) is 10.4. The van der Waals surface area contributed by atoms with Crippen LogP contribution in [0.25, 0.3) is 0 Å². The predicted molar refractivity (Wildman–Crippen MR) is 181 cm³/mol. The normalized spacial score (nSPS) is 19.2. The first-order valence-corrected chi connectivity index (χ1v) is 18.6. The number of amides is 1. The summed E-state index contributed by atoms with van der Waals surface area (Å²) in [6.45, 7) is 6.08. The quantitative estimate of drug-likeness (QED) is 0.307. The highest BCUT2D eigenvalue weighted by molar-refractivity contribution is 7.88. The number of piperidine rings is 1. The molecule has 45 heavy (non-hydrogen) atoms. The van der Waals surface area contributed by atoms with Gasteiger partial charge < -0.3 is 9.80 Å². The molecule has 0 saturated carbocycles. The van der Waals surface area contributed by atoms with Gasteiger partial charge in [0.25, 0.3) is 0 Å². The molecule has 3 aromatic rings. The van der Waals surface area contributed by atoms with Crippen molar-refractivity contribution < 1.29 is 13.2 Å². The molecule has 3 heterocycles. The molecule has 1 atom stereocenters. The van der Waals surface area contributed by atoms with E-state index >= 15 is 0 Å². The summed E-state index contributed by atoms with van der Waals surface area (Å²) in [6, 6.07) is 21.2. The Balaban J connectivity index is 1.31. The van der Waals surface area contributed by atoms with E-state index in [4.69, 9.17) is 0 Å². The number of benzene rings is 2. The van der Waals surface area contributed by atoms with Crippen molar-refractivity contribution in [2.75, 3.05) is 37.3 Å². The molecular weight excluding hydrogens is 582 g/mol. The van der Waals surface area contributed by atoms with Crippen molar-refractivity contribution in [3.05, 3.63) is 89.0 Å². The van der Waals surface area contributed by atoms with Gasteiger partial charge in [-0.2, -0.15) is 0 Å². The van der Waals surface area contributed by atoms with Crippen molar-refractivity contribution in [2.45, 2.75) is 90.1 Å². The molecule has 1 unspecified atom stereocenters. The Bertz CT molecular complexity index is 1510. The Morgan fingerprint density at radius 3 is 2.36 bits per heavy atom. The number of nitrogens with zero attached hydrogens (tertiary/aromatic N) is 5. The van der Waals surface area contributed by atoms with Gasteiger partial charge in [0.1, 0.15) is 5.82 Å². The Morgan fingerprint density at radius 1 is 0.867 bits per heavy atom. The van der Waals surface area contributed by atoms with Crippen LogP contribution in [0.1, 0.15) is 92.0 Å². The van der Waals surface area contributed by atoms with Gasteiger partial charge in [-0.1, -0.05) is 74.2 Å². The van der Waals surface area contributed by atoms with Gasteiger partial charge in [0.15, 0.2) is 0 Å². The molecule has 9 heteroatoms. The van der Waals surface area contributed by atoms with E-state index in [1.54, 1.807) is 4.31 Å². The monoisotopic (exact) mass is 631 g/mol. The number of sulfonamides is 1. The zero-order valence-electron chi connectivity index (χ0n) is 27.0. The van der Waals surface area contributed by atoms with E-state index in [2.05, 4.69) is 74.4 Å². The molecule has 1 amide bonds. The Hall–Kier alpha value is -3.30. The van der Waals surface area contributed by atoms with Gasteiger partial charge in [0, 0.05) is 68.7 Å². The third-order valence-electron chi connectivity index (χ3n) is 9.15. The third kappa shape index (κ3) is 9.60. The molecule has 0 N–H and O–H groups in total. The maximum Gasteiger partial charge on any atom is 0.223 e. The average Bonchev–Trinajstić information content (AvgIpc) is 3.05. The number of anilines is 1. The zero-order valence-corrected chi connectivity index (χ0v) is 27.9. The lowest BCUT2D eigenvalue weighted by molar-refractivity contribution is -0.131. The number of para-hydroxylation sites is 1. The maximum absolute atomic E-state index is 13.9. The summed E-state index contributed by atoms with van der Waals surface area (Å²) >= 11 is 0. The van der Waals surface area contributed by atoms with Gasteiger partial charge in [0.05, 0.1) is 6.26 Å². The number of hydrogen-bond donors (Lipinski definition) is 0. The van der Waals surface area contributed by atoms with Gasteiger partial charge in [-0.3, -0.25) is 4.79 Å². The second kappa shape index (κ2) is 15.8. The van der Waals surface area contributed by atoms with Crippen LogP contribution in [0.5, 0.6) is 0 Å². The summed E-state index contributed by atoms with van der Waals surface area (Å²) in [5, 5.41) is 0. The number of carbonyl (C=O) groups is 1. The van der Waals surface area contributed by atoms with Crippen molar-refractivity contribution in [3.8, 4) is 0 Å². The molecular formula is C36H49N5O3S. The lowest BCUT2D eigenvalue weighted by Crippen LogP contribution is -2.38. The molecule has 5 rings (SSSR count). The number of rotatable bonds is 7. The molecule has 0 bridgehead atoms. The molecule has 0 spiro atoms. The van der Waals surface area contributed by atoms with E-state index in [1.165, 1.54) is 42.3 Å². The highest BCUT2D eigenvalue weighted by Crippen LogP contribution is 2.29. The molecule has 0 aliphatic carbocycles. The molecule has 1 saturated heterocycles. The number of hydrogen-bond acceptors (Lipinski definition) is 6. The summed E-state index contributed by atoms with van der Waals surface area (Å²) in [5.41, 5.74) is 5.43. The first kappa shape index (κ1) is 33.1. The fourth-order valence-electron chi connectivity index (χ4n) is 6.72. The molecule has 2 aromatic carbocycles. The Morgan fingerprint density at radius 2 is 1.58 bits per heavy atom. The fourth-order valence-corrected chi connectivity index (χ4v) is 7.63. The van der Waals surface area contributed by atoms with E-state index in [9.17, 15) is 13.2 Å². The average molecular weight is 632 g/mol. The second-order valence-corrected chi connectivity index (χ2v) is 14.7. The van der Waals surface area contributed by atoms with Crippen LogP contribution in [0.3, 0.4) is 0 Å². The van der Waals surface area contributed by atoms with Crippen molar-refractivity contribution >= 4 is 21.6 Å². The van der Waals surface area contributed by atoms with Crippen LogP contribution in [0.4, 0.5) is 5.69 Å². The second-order valence-electron chi connectivity index (χ2n) is 12.8. The minimum Gasteiger partial charge on any atom is -0.367 e. The van der Waals surface area contributed by atoms with Gasteiger partial charge in [0.2, 0.25) is 15.9 Å². The van der Waals surface area contributed by atoms with Gasteiger partial charge in [-0.25, -0.2) is 22.7 Å². The van der Waals surface area contributed by atoms with Crippen LogP contribution in [0.2, 0.25) is 0 Å². The van der Waals surface area contributed by atoms with Crippen molar-refractivity contribution in [2.24, 2.45) is 0 Å². The summed E-state index contributed by atoms with van der Waals surface area (Å²) < 4.78 is 25.9. The Kier molecular flexibility index (Phi) is 11.6. The largest absolute Gasteiger partial charge is 0.367 e. The van der Waals surface area contributed by atoms with E-state index in [0.717, 1.165) is 63.1 Å². The van der Waals surface area contributed by atoms with Crippen molar-refractivity contribution in [1.29, 1.82) is 0 Å². The number of aryl methyl sites for hydroxylation is 2. The first-order chi connectivity index (χ1) is 21.8. The topological polar surface area (TPSA) is 86.7 Å². The van der Waals surface area contributed by atoms with Crippen LogP contribution in [0, 0.1) is 6.92 Å². The van der Waals surface area contributed by atoms with E-state index in [0.29, 0.717) is 38.3 Å². The summed E-state index contributed by atoms with van der Waals surface area (Å²) in [4.78, 5) is 27.8. The SMILES string of the molecule is Cc1nc(CCC(=O)N2CCCCCCCCN(Cc3ccccc3)c3ccccc3C2)cc(C2CCCN(S(C)(=O)=O)C2)n1. The van der Waals surface area contributed by atoms with Crippen LogP contribution in [0.15, 0.2) is 60.7 Å². The standard InChI is InChI=1S/C36H49N5O3S/c1-29-37-33(25-34(38-29)31-18-14-24-41(28-31)45(2,43)44)20-21-36(42)40-23-13-6-4-3-5-12-22-39(26-30-15-8-7-9-16-30)35-19-11-10-17-32(35)27-40/h7-11,15-17,19,25,31H,3-6,12-14,18,20-24,26-28H2,1-2H3. The van der Waals surface area contributed by atoms with Gasteiger partial charge in [-0.05, 0) is 62.3 Å². The van der Waals surface area contributed by atoms with Crippen LogP contribution < -0.4 is 4.90 Å². The lowest BCUT2D eigenvalue weighted by atomic mass is 9.95. The molecule has 8 nitrogen and oxygen atoms in total. The minimum atomic E-state index is -3.24. The molecule has 0 radical (unpaired) electrons. The highest BCUT2D eigenvalue weighted by Gasteiger charge is 2.28. The van der Waals surface area contributed by atoms with Crippen LogP contribution in [-0.2, 0) is 34.3 Å². The molecule has 1 aromatic heterocycles. The predicted octanol–water partition coefficient (Wildman–Crippen LogP) is 6.25. The fraction of sp³-hybridized carbons (Fsp3) is 0.528. The molecule has 1 fully saturated rings. The summed E-state index contributed by atoms with van der Waals surface area (Å²) in [6.07, 6.45) is 10.9. The minimum absolute atomic E-state index is 0.0408. The summed E-state index contributed by atoms with van der Waals surface area (Å²) in [5.74, 6) is 0.855. The number of fused-ring (bicyclic) bond motifs is 1. The zero-order chi connectivity index (χ0) is 31.6. The number of aromatic nitrogens is 2. The van der Waals surface area contributed by atoms with Crippen molar-refractivity contribution in [1.82, 2.24) is 19.2 Å². The van der Waals surface area contributed by atoms with Gasteiger partial charge >= 0.3 is 0 Å². The molecule has 2 aliphatic heterocycles. The van der Waals surface area contributed by atoms with E-state index < -0.39 is 10.0 Å². The molecule has 2 aliphatic rings. The van der Waals surface area contributed by atoms with E-state index in [1.807, 2.05) is 13.0 Å². The number of carbonyl (C=O) groups excluding carboxylic acids is 1. The van der Waals surface area contributed by atoms with E-state index in [-0.39, 0.29) is 11.8 Å². The van der Waals surface area contributed by atoms with Crippen molar-refractivity contribution in [3.63, 3.8) is 0 Å². The maximum atomic E-state index is 13.9. The van der Waals surface area contributed by atoms with Gasteiger partial charge in [-0.15, -0.1) is 0 Å². The molecule has 242 valence electrons. The lowest BCUT2D eigenvalue weighted by Gasteiger charge is -2.31. The first-order valence-electron chi connectivity index (χ1n) is 16.7. The Labute approximate surface area is 269 Å². The summed E-state index contributed by atoms with van der Waals surface area (Å²) in [7, 11) is -3.24. The van der Waals surface area contributed by atoms with Crippen LogP contribution in [-0.4, -0.2) is 65.9 Å². The highest BCUT2D eigenvalue weighted by atomic mass is 32.2. The van der Waals surface area contributed by atoms with Crippen LogP contribution >= 0.6 is 0 Å².